The van der Waals surface area contributed by atoms with E-state index in [2.05, 4.69) is 0 Å². The van der Waals surface area contributed by atoms with E-state index in [1.54, 1.807) is 13.0 Å². The van der Waals surface area contributed by atoms with E-state index in [1.165, 1.54) is 38.4 Å². The van der Waals surface area contributed by atoms with Crippen molar-refractivity contribution >= 4 is 18.0 Å². The molecule has 21 heavy (non-hydrogen) atoms. The van der Waals surface area contributed by atoms with Gasteiger partial charge in [0, 0.05) is 13.1 Å². The smallest absolute Gasteiger partial charge is 0.326 e. The van der Waals surface area contributed by atoms with Crippen LogP contribution in [0.2, 0.25) is 0 Å². The minimum atomic E-state index is -1.06. The van der Waals surface area contributed by atoms with Crippen molar-refractivity contribution in [2.24, 2.45) is 0 Å². The van der Waals surface area contributed by atoms with Crippen LogP contribution >= 0.6 is 0 Å². The molecule has 1 amide bonds. The number of hydrogen-bond donors (Lipinski definition) is 1. The summed E-state index contributed by atoms with van der Waals surface area (Å²) in [6, 6.07) is 3.40. The van der Waals surface area contributed by atoms with Gasteiger partial charge in [0.25, 0.3) is 0 Å². The van der Waals surface area contributed by atoms with E-state index >= 15 is 0 Å². The van der Waals surface area contributed by atoms with Crippen molar-refractivity contribution in [3.63, 3.8) is 0 Å². The predicted molar refractivity (Wildman–Crippen MR) is 76.5 cm³/mol. The normalized spacial score (nSPS) is 12.2. The second kappa shape index (κ2) is 7.42. The van der Waals surface area contributed by atoms with Crippen molar-refractivity contribution in [3.8, 4) is 5.75 Å². The molecular weight excluding hydrogens is 277 g/mol. The fraction of sp³-hybridized carbons (Fsp3) is 0.333. The molecule has 0 heterocycles. The topological polar surface area (TPSA) is 66.8 Å². The molecule has 0 radical (unpaired) electrons. The molecule has 1 N–H and O–H groups in total. The van der Waals surface area contributed by atoms with Gasteiger partial charge in [0.05, 0.1) is 7.11 Å². The fourth-order valence-corrected chi connectivity index (χ4v) is 1.84. The minimum Gasteiger partial charge on any atom is -0.494 e. The summed E-state index contributed by atoms with van der Waals surface area (Å²) < 4.78 is 18.3. The number of ether oxygens (including phenoxy) is 1. The van der Waals surface area contributed by atoms with Crippen molar-refractivity contribution in [1.82, 2.24) is 4.90 Å². The van der Waals surface area contributed by atoms with Crippen LogP contribution in [-0.4, -0.2) is 42.1 Å². The third-order valence-electron chi connectivity index (χ3n) is 3.08. The molecular formula is C15H18FNO4. The Bertz CT molecular complexity index is 557. The minimum absolute atomic E-state index is 0.118. The van der Waals surface area contributed by atoms with Crippen molar-refractivity contribution in [3.05, 3.63) is 35.7 Å². The zero-order valence-electron chi connectivity index (χ0n) is 12.2. The summed E-state index contributed by atoms with van der Waals surface area (Å²) in [6.07, 6.45) is 2.95. The Kier molecular flexibility index (Phi) is 5.90. The summed E-state index contributed by atoms with van der Waals surface area (Å²) in [4.78, 5) is 24.0. The summed E-state index contributed by atoms with van der Waals surface area (Å²) in [5, 5.41) is 8.99. The van der Waals surface area contributed by atoms with E-state index in [0.29, 0.717) is 12.0 Å². The third-order valence-corrected chi connectivity index (χ3v) is 3.08. The molecule has 0 bridgehead atoms. The Balaban J connectivity index is 2.82. The number of benzene rings is 1. The molecule has 6 heteroatoms. The molecule has 1 aromatic rings. The van der Waals surface area contributed by atoms with Crippen molar-refractivity contribution in [2.45, 2.75) is 19.4 Å². The third kappa shape index (κ3) is 4.30. The number of likely N-dealkylation sites (N-methyl/N-ethyl adjacent to an activating group) is 1. The van der Waals surface area contributed by atoms with E-state index in [9.17, 15) is 14.0 Å². The van der Waals surface area contributed by atoms with E-state index in [0.717, 1.165) is 4.90 Å². The van der Waals surface area contributed by atoms with Crippen LogP contribution in [0.5, 0.6) is 5.75 Å². The van der Waals surface area contributed by atoms with Gasteiger partial charge in [0.1, 0.15) is 6.04 Å². The Labute approximate surface area is 122 Å². The summed E-state index contributed by atoms with van der Waals surface area (Å²) in [5.41, 5.74) is 0.485. The van der Waals surface area contributed by atoms with Gasteiger partial charge in [-0.25, -0.2) is 9.18 Å². The van der Waals surface area contributed by atoms with Crippen molar-refractivity contribution < 1.29 is 23.8 Å². The maximum Gasteiger partial charge on any atom is 0.326 e. The van der Waals surface area contributed by atoms with E-state index < -0.39 is 23.7 Å². The van der Waals surface area contributed by atoms with Gasteiger partial charge in [0.15, 0.2) is 11.6 Å². The Morgan fingerprint density at radius 3 is 2.62 bits per heavy atom. The quantitative estimate of drug-likeness (QED) is 0.817. The van der Waals surface area contributed by atoms with Gasteiger partial charge in [-0.15, -0.1) is 0 Å². The van der Waals surface area contributed by atoms with Crippen LogP contribution in [-0.2, 0) is 9.59 Å². The molecule has 0 aliphatic heterocycles. The number of carbonyl (C=O) groups is 2. The number of hydrogen-bond acceptors (Lipinski definition) is 3. The van der Waals surface area contributed by atoms with Crippen LogP contribution in [0, 0.1) is 5.82 Å². The summed E-state index contributed by atoms with van der Waals surface area (Å²) in [7, 11) is 2.78. The lowest BCUT2D eigenvalue weighted by molar-refractivity contribution is -0.147. The van der Waals surface area contributed by atoms with E-state index in [4.69, 9.17) is 9.84 Å². The SMILES string of the molecule is CCC(C(=O)O)N(C)C(=O)C=Cc1ccc(OC)c(F)c1. The molecule has 1 atom stereocenters. The van der Waals surface area contributed by atoms with Gasteiger partial charge in [-0.1, -0.05) is 13.0 Å². The Hall–Kier alpha value is -2.37. The first-order valence-electron chi connectivity index (χ1n) is 6.41. The van der Waals surface area contributed by atoms with Crippen molar-refractivity contribution in [2.75, 3.05) is 14.2 Å². The molecule has 114 valence electrons. The monoisotopic (exact) mass is 295 g/mol. The zero-order valence-corrected chi connectivity index (χ0v) is 12.2. The molecule has 1 aromatic carbocycles. The number of amides is 1. The lowest BCUT2D eigenvalue weighted by atomic mass is 10.1. The van der Waals surface area contributed by atoms with E-state index in [1.807, 2.05) is 0 Å². The van der Waals surface area contributed by atoms with E-state index in [-0.39, 0.29) is 5.75 Å². The average molecular weight is 295 g/mol. The second-order valence-electron chi connectivity index (χ2n) is 4.44. The number of rotatable bonds is 6. The van der Waals surface area contributed by atoms with Gasteiger partial charge in [0.2, 0.25) is 5.91 Å². The highest BCUT2D eigenvalue weighted by Gasteiger charge is 2.23. The lowest BCUT2D eigenvalue weighted by Crippen LogP contribution is -2.41. The highest BCUT2D eigenvalue weighted by Crippen LogP contribution is 2.18. The number of carboxylic acid groups (broad SMARTS) is 1. The fourth-order valence-electron chi connectivity index (χ4n) is 1.84. The van der Waals surface area contributed by atoms with Gasteiger partial charge in [-0.05, 0) is 30.2 Å². The molecule has 0 saturated carbocycles. The van der Waals surface area contributed by atoms with Crippen LogP contribution in [0.4, 0.5) is 4.39 Å². The van der Waals surface area contributed by atoms with Crippen LogP contribution in [0.15, 0.2) is 24.3 Å². The predicted octanol–water partition coefficient (Wildman–Crippen LogP) is 2.17. The molecule has 5 nitrogen and oxygen atoms in total. The maximum atomic E-state index is 13.5. The lowest BCUT2D eigenvalue weighted by Gasteiger charge is -2.22. The highest BCUT2D eigenvalue weighted by molar-refractivity contribution is 5.94. The number of carboxylic acids is 1. The average Bonchev–Trinajstić information content (AvgIpc) is 2.45. The highest BCUT2D eigenvalue weighted by atomic mass is 19.1. The number of aliphatic carboxylic acids is 1. The molecule has 1 rings (SSSR count). The zero-order chi connectivity index (χ0) is 16.0. The van der Waals surface area contributed by atoms with Crippen LogP contribution in [0.25, 0.3) is 6.08 Å². The van der Waals surface area contributed by atoms with Gasteiger partial charge < -0.3 is 14.7 Å². The Morgan fingerprint density at radius 2 is 2.14 bits per heavy atom. The first kappa shape index (κ1) is 16.7. The van der Waals surface area contributed by atoms with Gasteiger partial charge in [-0.2, -0.15) is 0 Å². The largest absolute Gasteiger partial charge is 0.494 e. The maximum absolute atomic E-state index is 13.5. The molecule has 0 aliphatic carbocycles. The van der Waals surface area contributed by atoms with Crippen LogP contribution in [0.3, 0.4) is 0 Å². The van der Waals surface area contributed by atoms with Crippen LogP contribution in [0.1, 0.15) is 18.9 Å². The molecule has 0 aliphatic rings. The number of halogens is 1. The molecule has 0 spiro atoms. The summed E-state index contributed by atoms with van der Waals surface area (Å²) >= 11 is 0. The first-order chi connectivity index (χ1) is 9.90. The number of nitrogens with zero attached hydrogens (tertiary/aromatic N) is 1. The van der Waals surface area contributed by atoms with Gasteiger partial charge in [-0.3, -0.25) is 4.79 Å². The molecule has 0 aromatic heterocycles. The first-order valence-corrected chi connectivity index (χ1v) is 6.41. The van der Waals surface area contributed by atoms with Crippen LogP contribution < -0.4 is 4.74 Å². The standard InChI is InChI=1S/C15H18FNO4/c1-4-12(15(19)20)17(2)14(18)8-6-10-5-7-13(21-3)11(16)9-10/h5-9,12H,4H2,1-3H3,(H,19,20). The Morgan fingerprint density at radius 1 is 1.48 bits per heavy atom. The molecule has 1 unspecified atom stereocenters. The number of methoxy groups -OCH3 is 1. The summed E-state index contributed by atoms with van der Waals surface area (Å²) in [5.74, 6) is -1.93. The molecule has 0 saturated heterocycles. The number of carbonyl (C=O) groups excluding carboxylic acids is 1. The molecule has 0 fully saturated rings. The summed E-state index contributed by atoms with van der Waals surface area (Å²) in [6.45, 7) is 1.69. The van der Waals surface area contributed by atoms with Crippen molar-refractivity contribution in [1.29, 1.82) is 0 Å². The van der Waals surface area contributed by atoms with Gasteiger partial charge >= 0.3 is 5.97 Å². The second-order valence-corrected chi connectivity index (χ2v) is 4.44.